The minimum absolute atomic E-state index is 0.257. The number of benzene rings is 2. The fraction of sp³-hybridized carbons (Fsp3) is 0.105. The maximum atomic E-state index is 9.74. The molecule has 3 rings (SSSR count). The molecule has 0 aliphatic carbocycles. The van der Waals surface area contributed by atoms with Crippen LogP contribution in [0.4, 0.5) is 0 Å². The number of aromatic nitrogens is 1. The van der Waals surface area contributed by atoms with Crippen LogP contribution in [0, 0.1) is 0 Å². The molecule has 3 aromatic rings. The topological polar surface area (TPSA) is 71.8 Å². The summed E-state index contributed by atoms with van der Waals surface area (Å²) in [4.78, 5) is 4.27. The fourth-order valence-corrected chi connectivity index (χ4v) is 3.43. The van der Waals surface area contributed by atoms with Crippen molar-refractivity contribution in [1.82, 2.24) is 4.98 Å². The SMILES string of the molecule is COc1ccc(-c2cncc(-c3c(B(O)O)ccc(OC)c3Cl)c2)cc1Cl. The molecule has 0 saturated heterocycles. The summed E-state index contributed by atoms with van der Waals surface area (Å²) >= 11 is 12.7. The quantitative estimate of drug-likeness (QED) is 0.638. The predicted octanol–water partition coefficient (Wildman–Crippen LogP) is 3.42. The lowest BCUT2D eigenvalue weighted by molar-refractivity contribution is 0.414. The highest BCUT2D eigenvalue weighted by molar-refractivity contribution is 6.61. The third-order valence-corrected chi connectivity index (χ3v) is 4.82. The van der Waals surface area contributed by atoms with E-state index >= 15 is 0 Å². The molecule has 0 aliphatic rings. The van der Waals surface area contributed by atoms with Crippen molar-refractivity contribution in [1.29, 1.82) is 0 Å². The van der Waals surface area contributed by atoms with E-state index < -0.39 is 7.12 Å². The van der Waals surface area contributed by atoms with Gasteiger partial charge in [-0.2, -0.15) is 0 Å². The van der Waals surface area contributed by atoms with Crippen molar-refractivity contribution in [3.8, 4) is 33.8 Å². The Hall–Kier alpha value is -2.25. The molecule has 0 aliphatic heterocycles. The van der Waals surface area contributed by atoms with Gasteiger partial charge in [0.05, 0.1) is 24.3 Å². The van der Waals surface area contributed by atoms with E-state index in [0.29, 0.717) is 27.6 Å². The van der Waals surface area contributed by atoms with Crippen LogP contribution in [0.5, 0.6) is 11.5 Å². The number of pyridine rings is 1. The molecule has 0 radical (unpaired) electrons. The molecular weight excluding hydrogens is 388 g/mol. The first kappa shape index (κ1) is 19.5. The molecule has 27 heavy (non-hydrogen) atoms. The predicted molar refractivity (Wildman–Crippen MR) is 108 cm³/mol. The van der Waals surface area contributed by atoms with Gasteiger partial charge >= 0.3 is 7.12 Å². The van der Waals surface area contributed by atoms with Crippen LogP contribution in [-0.4, -0.2) is 36.4 Å². The average Bonchev–Trinajstić information content (AvgIpc) is 2.67. The van der Waals surface area contributed by atoms with E-state index in [0.717, 1.165) is 11.1 Å². The van der Waals surface area contributed by atoms with Crippen molar-refractivity contribution in [2.45, 2.75) is 0 Å². The van der Waals surface area contributed by atoms with Crippen molar-refractivity contribution >= 4 is 35.8 Å². The lowest BCUT2D eigenvalue weighted by atomic mass is 9.75. The second-order valence-electron chi connectivity index (χ2n) is 5.73. The van der Waals surface area contributed by atoms with E-state index in [4.69, 9.17) is 32.7 Å². The Kier molecular flexibility index (Phi) is 5.92. The third-order valence-electron chi connectivity index (χ3n) is 4.15. The van der Waals surface area contributed by atoms with E-state index in [1.165, 1.54) is 7.11 Å². The van der Waals surface area contributed by atoms with Gasteiger partial charge in [-0.15, -0.1) is 0 Å². The standard InChI is InChI=1S/C19H16BCl2NO4/c1-26-16-5-3-11(8-15(16)21)12-7-13(10-23-9-12)18-14(20(24)25)4-6-17(27-2)19(18)22/h3-10,24-25H,1-2H3. The molecule has 2 N–H and O–H groups in total. The van der Waals surface area contributed by atoms with Crippen molar-refractivity contribution in [2.75, 3.05) is 14.2 Å². The van der Waals surface area contributed by atoms with Crippen LogP contribution in [0.3, 0.4) is 0 Å². The van der Waals surface area contributed by atoms with Gasteiger partial charge in [0, 0.05) is 29.1 Å². The molecule has 0 bridgehead atoms. The summed E-state index contributed by atoms with van der Waals surface area (Å²) in [6.07, 6.45) is 3.28. The second kappa shape index (κ2) is 8.19. The summed E-state index contributed by atoms with van der Waals surface area (Å²) in [5.41, 5.74) is 2.94. The molecule has 8 heteroatoms. The highest BCUT2D eigenvalue weighted by atomic mass is 35.5. The molecule has 2 aromatic carbocycles. The summed E-state index contributed by atoms with van der Waals surface area (Å²) < 4.78 is 10.4. The molecule has 0 spiro atoms. The molecule has 0 atom stereocenters. The molecule has 1 heterocycles. The summed E-state index contributed by atoms with van der Waals surface area (Å²) in [6.45, 7) is 0. The van der Waals surface area contributed by atoms with Crippen LogP contribution >= 0.6 is 23.2 Å². The maximum Gasteiger partial charge on any atom is 0.489 e. The molecule has 0 saturated carbocycles. The van der Waals surface area contributed by atoms with Gasteiger partial charge in [0.1, 0.15) is 11.5 Å². The average molecular weight is 404 g/mol. The van der Waals surface area contributed by atoms with Gasteiger partial charge in [0.25, 0.3) is 0 Å². The van der Waals surface area contributed by atoms with E-state index in [-0.39, 0.29) is 10.5 Å². The van der Waals surface area contributed by atoms with Crippen LogP contribution in [-0.2, 0) is 0 Å². The summed E-state index contributed by atoms with van der Waals surface area (Å²) in [5, 5.41) is 20.2. The fourth-order valence-electron chi connectivity index (χ4n) is 2.82. The highest BCUT2D eigenvalue weighted by Crippen LogP contribution is 2.36. The smallest absolute Gasteiger partial charge is 0.489 e. The molecular formula is C19H16BCl2NO4. The largest absolute Gasteiger partial charge is 0.495 e. The Morgan fingerprint density at radius 3 is 2.15 bits per heavy atom. The van der Waals surface area contributed by atoms with E-state index in [1.807, 2.05) is 12.1 Å². The number of methoxy groups -OCH3 is 2. The Balaban J connectivity index is 2.15. The van der Waals surface area contributed by atoms with Gasteiger partial charge in [-0.3, -0.25) is 4.98 Å². The number of nitrogens with zero attached hydrogens (tertiary/aromatic N) is 1. The monoisotopic (exact) mass is 403 g/mol. The molecule has 1 aromatic heterocycles. The van der Waals surface area contributed by atoms with Gasteiger partial charge in [0.2, 0.25) is 0 Å². The van der Waals surface area contributed by atoms with Gasteiger partial charge < -0.3 is 19.5 Å². The first-order valence-electron chi connectivity index (χ1n) is 7.98. The normalized spacial score (nSPS) is 10.6. The first-order valence-corrected chi connectivity index (χ1v) is 8.73. The molecule has 138 valence electrons. The van der Waals surface area contributed by atoms with Crippen LogP contribution < -0.4 is 14.9 Å². The summed E-state index contributed by atoms with van der Waals surface area (Å²) in [6, 6.07) is 10.4. The zero-order chi connectivity index (χ0) is 19.6. The number of hydrogen-bond donors (Lipinski definition) is 2. The van der Waals surface area contributed by atoms with Gasteiger partial charge in [-0.05, 0) is 35.3 Å². The number of hydrogen-bond acceptors (Lipinski definition) is 5. The Labute approximate surface area is 167 Å². The van der Waals surface area contributed by atoms with Crippen LogP contribution in [0.2, 0.25) is 10.0 Å². The van der Waals surface area contributed by atoms with E-state index in [1.54, 1.807) is 43.8 Å². The highest BCUT2D eigenvalue weighted by Gasteiger charge is 2.22. The van der Waals surface area contributed by atoms with Crippen molar-refractivity contribution in [3.05, 3.63) is 58.8 Å². The van der Waals surface area contributed by atoms with Crippen LogP contribution in [0.1, 0.15) is 0 Å². The van der Waals surface area contributed by atoms with Gasteiger partial charge in [0.15, 0.2) is 0 Å². The molecule has 0 amide bonds. The van der Waals surface area contributed by atoms with Crippen molar-refractivity contribution in [2.24, 2.45) is 0 Å². The molecule has 0 unspecified atom stereocenters. The Morgan fingerprint density at radius 2 is 1.52 bits per heavy atom. The zero-order valence-electron chi connectivity index (χ0n) is 14.6. The summed E-state index contributed by atoms with van der Waals surface area (Å²) in [7, 11) is 1.35. The first-order chi connectivity index (χ1) is 13.0. The van der Waals surface area contributed by atoms with E-state index in [9.17, 15) is 10.0 Å². The Bertz CT molecular complexity index is 982. The zero-order valence-corrected chi connectivity index (χ0v) is 16.1. The maximum absolute atomic E-state index is 9.74. The Morgan fingerprint density at radius 1 is 0.852 bits per heavy atom. The van der Waals surface area contributed by atoms with Gasteiger partial charge in [-0.1, -0.05) is 35.3 Å². The molecule has 0 fully saturated rings. The minimum Gasteiger partial charge on any atom is -0.495 e. The van der Waals surface area contributed by atoms with Crippen LogP contribution in [0.15, 0.2) is 48.8 Å². The second-order valence-corrected chi connectivity index (χ2v) is 6.52. The minimum atomic E-state index is -1.69. The van der Waals surface area contributed by atoms with Crippen molar-refractivity contribution in [3.63, 3.8) is 0 Å². The van der Waals surface area contributed by atoms with E-state index in [2.05, 4.69) is 4.98 Å². The summed E-state index contributed by atoms with van der Waals surface area (Å²) in [5.74, 6) is 1.00. The third kappa shape index (κ3) is 3.89. The molecule has 5 nitrogen and oxygen atoms in total. The number of rotatable bonds is 5. The lowest BCUT2D eigenvalue weighted by Gasteiger charge is -2.15. The van der Waals surface area contributed by atoms with Crippen molar-refractivity contribution < 1.29 is 19.5 Å². The van der Waals surface area contributed by atoms with Crippen LogP contribution in [0.25, 0.3) is 22.3 Å². The van der Waals surface area contributed by atoms with Gasteiger partial charge in [-0.25, -0.2) is 0 Å². The number of halogens is 2. The number of ether oxygens (including phenoxy) is 2. The lowest BCUT2D eigenvalue weighted by Crippen LogP contribution is -2.31.